The second-order valence-corrected chi connectivity index (χ2v) is 6.64. The number of nitrogens with zero attached hydrogens (tertiary/aromatic N) is 1. The molecule has 3 aromatic rings. The van der Waals surface area contributed by atoms with Crippen LogP contribution in [0.15, 0.2) is 64.6 Å². The van der Waals surface area contributed by atoms with Gasteiger partial charge in [-0.1, -0.05) is 18.2 Å². The van der Waals surface area contributed by atoms with Crippen LogP contribution in [0.2, 0.25) is 0 Å². The first kappa shape index (κ1) is 14.1. The smallest absolute Gasteiger partial charge is 0.258 e. The molecule has 0 saturated heterocycles. The van der Waals surface area contributed by atoms with E-state index in [0.717, 1.165) is 16.3 Å². The van der Waals surface area contributed by atoms with E-state index in [4.69, 9.17) is 4.42 Å². The molecule has 1 aliphatic rings. The maximum atomic E-state index is 13.1. The van der Waals surface area contributed by atoms with Crippen LogP contribution in [0, 0.1) is 0 Å². The summed E-state index contributed by atoms with van der Waals surface area (Å²) in [5.74, 6) is 0.772. The molecule has 3 heterocycles. The second-order valence-electron chi connectivity index (χ2n) is 5.69. The van der Waals surface area contributed by atoms with Crippen molar-refractivity contribution in [1.29, 1.82) is 0 Å². The number of thiophene rings is 1. The predicted molar refractivity (Wildman–Crippen MR) is 90.3 cm³/mol. The van der Waals surface area contributed by atoms with Gasteiger partial charge in [-0.2, -0.15) is 0 Å². The van der Waals surface area contributed by atoms with Crippen LogP contribution in [0.25, 0.3) is 0 Å². The third kappa shape index (κ3) is 2.24. The molecule has 4 nitrogen and oxygen atoms in total. The van der Waals surface area contributed by atoms with Gasteiger partial charge in [0.25, 0.3) is 5.91 Å². The number of fused-ring (bicyclic) bond motifs is 1. The summed E-state index contributed by atoms with van der Waals surface area (Å²) < 4.78 is 5.46. The molecule has 1 aromatic carbocycles. The number of para-hydroxylation sites is 1. The summed E-state index contributed by atoms with van der Waals surface area (Å²) in [7, 11) is 0. The zero-order chi connectivity index (χ0) is 15.9. The van der Waals surface area contributed by atoms with Crippen molar-refractivity contribution in [3.8, 4) is 0 Å². The lowest BCUT2D eigenvalue weighted by atomic mass is 9.99. The summed E-state index contributed by atoms with van der Waals surface area (Å²) in [5.41, 5.74) is 0.948. The van der Waals surface area contributed by atoms with Crippen LogP contribution in [-0.4, -0.2) is 10.8 Å². The van der Waals surface area contributed by atoms with Crippen molar-refractivity contribution in [2.24, 2.45) is 0 Å². The first-order valence-corrected chi connectivity index (χ1v) is 8.32. The average molecular weight is 324 g/mol. The van der Waals surface area contributed by atoms with E-state index in [1.54, 1.807) is 17.6 Å². The summed E-state index contributed by atoms with van der Waals surface area (Å²) in [6, 6.07) is 15.4. The summed E-state index contributed by atoms with van der Waals surface area (Å²) in [5, 5.41) is 5.57. The van der Waals surface area contributed by atoms with Crippen LogP contribution in [0.1, 0.15) is 27.9 Å². The van der Waals surface area contributed by atoms with Gasteiger partial charge in [0.2, 0.25) is 0 Å². The Morgan fingerprint density at radius 1 is 1.17 bits per heavy atom. The van der Waals surface area contributed by atoms with Crippen LogP contribution < -0.4 is 5.32 Å². The Hall–Kier alpha value is -2.53. The lowest BCUT2D eigenvalue weighted by Crippen LogP contribution is -2.54. The highest BCUT2D eigenvalue weighted by atomic mass is 32.1. The van der Waals surface area contributed by atoms with Gasteiger partial charge in [0, 0.05) is 5.69 Å². The zero-order valence-corrected chi connectivity index (χ0v) is 13.5. The molecule has 0 aliphatic carbocycles. The topological polar surface area (TPSA) is 45.5 Å². The molecule has 1 atom stereocenters. The van der Waals surface area contributed by atoms with Gasteiger partial charge >= 0.3 is 0 Å². The monoisotopic (exact) mass is 324 g/mol. The van der Waals surface area contributed by atoms with Gasteiger partial charge in [-0.3, -0.25) is 4.79 Å². The Kier molecular flexibility index (Phi) is 3.23. The highest BCUT2D eigenvalue weighted by Gasteiger charge is 2.43. The Balaban J connectivity index is 1.83. The number of furan rings is 1. The molecular weight excluding hydrogens is 308 g/mol. The van der Waals surface area contributed by atoms with Crippen molar-refractivity contribution >= 4 is 22.9 Å². The maximum absolute atomic E-state index is 13.1. The minimum atomic E-state index is -0.605. The minimum absolute atomic E-state index is 0.00616. The molecule has 5 heteroatoms. The molecule has 1 amide bonds. The lowest BCUT2D eigenvalue weighted by molar-refractivity contribution is 0.0495. The Bertz CT molecular complexity index is 827. The summed E-state index contributed by atoms with van der Waals surface area (Å²) in [6.45, 7) is 2.46. The van der Waals surface area contributed by atoms with Crippen LogP contribution in [0.5, 0.6) is 0 Å². The number of anilines is 1. The first-order valence-electron chi connectivity index (χ1n) is 7.44. The van der Waals surface area contributed by atoms with E-state index in [9.17, 15) is 4.79 Å². The molecule has 0 bridgehead atoms. The van der Waals surface area contributed by atoms with Gasteiger partial charge in [0.15, 0.2) is 0 Å². The molecular formula is C18H16N2O2S. The fraction of sp³-hybridized carbons (Fsp3) is 0.167. The number of rotatable bonds is 3. The number of amides is 1. The molecule has 1 N–H and O–H groups in total. The second kappa shape index (κ2) is 5.28. The predicted octanol–water partition coefficient (Wildman–Crippen LogP) is 4.28. The van der Waals surface area contributed by atoms with E-state index in [1.807, 2.05) is 65.7 Å². The number of nitrogens with one attached hydrogen (secondary N) is 1. The lowest BCUT2D eigenvalue weighted by Gasteiger charge is -2.45. The molecule has 0 fully saturated rings. The van der Waals surface area contributed by atoms with Crippen LogP contribution >= 0.6 is 11.3 Å². The Labute approximate surface area is 138 Å². The minimum Gasteiger partial charge on any atom is -0.467 e. The maximum Gasteiger partial charge on any atom is 0.258 e. The van der Waals surface area contributed by atoms with Crippen LogP contribution in [0.4, 0.5) is 5.69 Å². The molecule has 116 valence electrons. The van der Waals surface area contributed by atoms with E-state index in [-0.39, 0.29) is 5.91 Å². The first-order chi connectivity index (χ1) is 11.2. The molecule has 23 heavy (non-hydrogen) atoms. The number of hydrogen-bond acceptors (Lipinski definition) is 4. The van der Waals surface area contributed by atoms with Crippen LogP contribution in [-0.2, 0) is 12.2 Å². The molecule has 0 radical (unpaired) electrons. The van der Waals surface area contributed by atoms with E-state index < -0.39 is 5.66 Å². The van der Waals surface area contributed by atoms with E-state index in [2.05, 4.69) is 5.32 Å². The number of carbonyl (C=O) groups excluding carboxylic acids is 1. The fourth-order valence-electron chi connectivity index (χ4n) is 3.00. The summed E-state index contributed by atoms with van der Waals surface area (Å²) in [6.07, 6.45) is 1.63. The quantitative estimate of drug-likeness (QED) is 0.782. The molecule has 0 saturated carbocycles. The van der Waals surface area contributed by atoms with Gasteiger partial charge in [0.05, 0.1) is 23.2 Å². The highest BCUT2D eigenvalue weighted by molar-refractivity contribution is 7.10. The van der Waals surface area contributed by atoms with Gasteiger partial charge in [-0.25, -0.2) is 0 Å². The number of carbonyl (C=O) groups is 1. The highest BCUT2D eigenvalue weighted by Crippen LogP contribution is 2.40. The largest absolute Gasteiger partial charge is 0.467 e. The Morgan fingerprint density at radius 2 is 2.04 bits per heavy atom. The van der Waals surface area contributed by atoms with Crippen molar-refractivity contribution in [3.05, 3.63) is 76.4 Å². The molecule has 1 aliphatic heterocycles. The van der Waals surface area contributed by atoms with Crippen LogP contribution in [0.3, 0.4) is 0 Å². The van der Waals surface area contributed by atoms with Gasteiger partial charge in [-0.05, 0) is 42.6 Å². The summed E-state index contributed by atoms with van der Waals surface area (Å²) in [4.78, 5) is 16.0. The molecule has 4 rings (SSSR count). The zero-order valence-electron chi connectivity index (χ0n) is 12.7. The van der Waals surface area contributed by atoms with Crippen molar-refractivity contribution in [3.63, 3.8) is 0 Å². The number of benzene rings is 1. The molecule has 0 spiro atoms. The van der Waals surface area contributed by atoms with Gasteiger partial charge in [-0.15, -0.1) is 11.3 Å². The Morgan fingerprint density at radius 3 is 2.78 bits per heavy atom. The van der Waals surface area contributed by atoms with Crippen molar-refractivity contribution in [1.82, 2.24) is 4.90 Å². The van der Waals surface area contributed by atoms with Gasteiger partial charge < -0.3 is 14.6 Å². The van der Waals surface area contributed by atoms with E-state index >= 15 is 0 Å². The number of hydrogen-bond donors (Lipinski definition) is 1. The molecule has 1 unspecified atom stereocenters. The van der Waals surface area contributed by atoms with Crippen molar-refractivity contribution < 1.29 is 9.21 Å². The molecule has 2 aromatic heterocycles. The average Bonchev–Trinajstić information content (AvgIpc) is 3.25. The normalized spacial score (nSPS) is 20.2. The third-order valence-electron chi connectivity index (χ3n) is 4.22. The van der Waals surface area contributed by atoms with Gasteiger partial charge in [0.1, 0.15) is 11.4 Å². The van der Waals surface area contributed by atoms with Crippen molar-refractivity contribution in [2.45, 2.75) is 19.1 Å². The van der Waals surface area contributed by atoms with E-state index in [0.29, 0.717) is 12.1 Å². The van der Waals surface area contributed by atoms with Crippen molar-refractivity contribution in [2.75, 3.05) is 5.32 Å². The SMILES string of the molecule is CC1(c2cccs2)Nc2ccccc2C(=O)N1Cc1ccco1. The standard InChI is InChI=1S/C18H16N2O2S/c1-18(16-9-5-11-23-16)19-15-8-3-2-7-14(15)17(21)20(18)12-13-6-4-10-22-13/h2-11,19H,12H2,1H3. The van der Waals surface area contributed by atoms with E-state index in [1.165, 1.54) is 0 Å². The summed E-state index contributed by atoms with van der Waals surface area (Å²) >= 11 is 1.63. The third-order valence-corrected chi connectivity index (χ3v) is 5.30. The fourth-order valence-corrected chi connectivity index (χ4v) is 3.85.